The van der Waals surface area contributed by atoms with E-state index in [1.54, 1.807) is 44.2 Å². The Morgan fingerprint density at radius 1 is 0.766 bits per heavy atom. The number of hydrogen-bond acceptors (Lipinski definition) is 11. The fourth-order valence-electron chi connectivity index (χ4n) is 4.34. The predicted octanol–water partition coefficient (Wildman–Crippen LogP) is -2.85. The number of carbonyl (C=O) groups excluding carboxylic acids is 5. The van der Waals surface area contributed by atoms with Gasteiger partial charge in [-0.1, -0.05) is 44.2 Å². The van der Waals surface area contributed by atoms with Crippen molar-refractivity contribution >= 4 is 48.1 Å². The molecule has 0 fully saturated rings. The zero-order valence-corrected chi connectivity index (χ0v) is 27.7. The Kier molecular flexibility index (Phi) is 18.6. The van der Waals surface area contributed by atoms with Gasteiger partial charge < -0.3 is 53.4 Å². The minimum atomic E-state index is -1.62. The van der Waals surface area contributed by atoms with E-state index in [0.717, 1.165) is 0 Å². The van der Waals surface area contributed by atoms with Crippen LogP contribution in [-0.4, -0.2) is 112 Å². The highest BCUT2D eigenvalue weighted by atomic mass is 32.1. The second kappa shape index (κ2) is 21.2. The van der Waals surface area contributed by atoms with E-state index in [-0.39, 0.29) is 18.6 Å². The third kappa shape index (κ3) is 14.3. The summed E-state index contributed by atoms with van der Waals surface area (Å²) in [5.74, 6) is -5.98. The summed E-state index contributed by atoms with van der Waals surface area (Å²) in [5.41, 5.74) is 11.9. The van der Waals surface area contributed by atoms with Gasteiger partial charge in [0.25, 0.3) is 0 Å². The van der Waals surface area contributed by atoms with Crippen molar-refractivity contribution in [1.29, 1.82) is 0 Å². The summed E-state index contributed by atoms with van der Waals surface area (Å²) >= 11 is 3.95. The lowest BCUT2D eigenvalue weighted by Crippen LogP contribution is -2.61. The van der Waals surface area contributed by atoms with E-state index in [1.165, 1.54) is 6.92 Å². The molecular formula is C30H49N7O9S. The molecule has 0 spiro atoms. The molecule has 0 unspecified atom stereocenters. The van der Waals surface area contributed by atoms with Gasteiger partial charge in [0.05, 0.1) is 18.8 Å². The van der Waals surface area contributed by atoms with Crippen molar-refractivity contribution in [3.05, 3.63) is 35.9 Å². The SMILES string of the molecule is CC(C)[C@H](NC(=O)[C@H](CCCCN)NC(=O)[C@H](Cc1ccccc1)NC(=O)[C@H](CO)NC(=O)[C@@H](N)CS)C(=O)N[C@H](C(=O)O)[C@@H](C)O. The normalized spacial score (nSPS) is 15.6. The second-order valence-electron chi connectivity index (χ2n) is 11.4. The summed E-state index contributed by atoms with van der Waals surface area (Å²) in [5, 5.41) is 41.2. The molecule has 16 nitrogen and oxygen atoms in total. The molecule has 1 rings (SSSR count). The van der Waals surface area contributed by atoms with Crippen molar-refractivity contribution in [1.82, 2.24) is 26.6 Å². The molecule has 0 radical (unpaired) electrons. The molecule has 17 heteroatoms. The number of aliphatic hydroxyl groups excluding tert-OH is 2. The van der Waals surface area contributed by atoms with E-state index in [9.17, 15) is 44.1 Å². The molecule has 47 heavy (non-hydrogen) atoms. The molecule has 0 aliphatic heterocycles. The van der Waals surface area contributed by atoms with Gasteiger partial charge >= 0.3 is 5.97 Å². The standard InChI is InChI=1S/C30H49N7O9S/c1-16(2)23(29(44)37-24(17(3)39)30(45)46)36-26(41)20(11-7-8-12-31)33-27(42)21(13-18-9-5-4-6-10-18)34-28(43)22(14-38)35-25(40)19(32)15-47/h4-6,9-10,16-17,19-24,38-39,47H,7-8,11-15,31-32H2,1-3H3,(H,33,42)(H,34,43)(H,35,40)(H,36,41)(H,37,44)(H,45,46)/t17-,19+,20+,21+,22+,23+,24+/m1/s1. The quantitative estimate of drug-likeness (QED) is 0.0464. The van der Waals surface area contributed by atoms with Crippen LogP contribution < -0.4 is 38.1 Å². The van der Waals surface area contributed by atoms with Crippen molar-refractivity contribution < 1.29 is 44.1 Å². The van der Waals surface area contributed by atoms with Crippen molar-refractivity contribution in [2.75, 3.05) is 18.9 Å². The minimum absolute atomic E-state index is 0.0156. The van der Waals surface area contributed by atoms with E-state index in [0.29, 0.717) is 24.9 Å². The number of thiol groups is 1. The van der Waals surface area contributed by atoms with Crippen LogP contribution in [0.3, 0.4) is 0 Å². The smallest absolute Gasteiger partial charge is 0.328 e. The first-order chi connectivity index (χ1) is 22.2. The van der Waals surface area contributed by atoms with Gasteiger partial charge in [-0.25, -0.2) is 4.79 Å². The number of rotatable bonds is 21. The Morgan fingerprint density at radius 3 is 1.81 bits per heavy atom. The first-order valence-electron chi connectivity index (χ1n) is 15.3. The molecule has 1 aromatic carbocycles. The van der Waals surface area contributed by atoms with Crippen LogP contribution in [-0.2, 0) is 35.2 Å². The molecule has 0 aliphatic rings. The van der Waals surface area contributed by atoms with Crippen LogP contribution >= 0.6 is 12.6 Å². The maximum absolute atomic E-state index is 13.7. The third-order valence-electron chi connectivity index (χ3n) is 7.14. The van der Waals surface area contributed by atoms with Gasteiger partial charge in [-0.2, -0.15) is 12.6 Å². The number of aliphatic carboxylic acids is 1. The van der Waals surface area contributed by atoms with Crippen LogP contribution in [0.5, 0.6) is 0 Å². The highest BCUT2D eigenvalue weighted by molar-refractivity contribution is 7.80. The van der Waals surface area contributed by atoms with Gasteiger partial charge in [0, 0.05) is 12.2 Å². The lowest BCUT2D eigenvalue weighted by molar-refractivity contribution is -0.145. The summed E-state index contributed by atoms with van der Waals surface area (Å²) in [6.45, 7) is 3.96. The number of amides is 5. The molecule has 7 atom stereocenters. The predicted molar refractivity (Wildman–Crippen MR) is 176 cm³/mol. The number of benzene rings is 1. The maximum Gasteiger partial charge on any atom is 0.328 e. The number of carbonyl (C=O) groups is 6. The number of carboxylic acids is 1. The average Bonchev–Trinajstić information content (AvgIpc) is 3.03. The Hall–Kier alpha value is -3.77. The number of aliphatic hydroxyl groups is 2. The molecule has 0 heterocycles. The number of nitrogens with two attached hydrogens (primary N) is 2. The maximum atomic E-state index is 13.7. The van der Waals surface area contributed by atoms with E-state index >= 15 is 0 Å². The van der Waals surface area contributed by atoms with Gasteiger partial charge in [0.15, 0.2) is 6.04 Å². The molecule has 12 N–H and O–H groups in total. The molecule has 264 valence electrons. The minimum Gasteiger partial charge on any atom is -0.480 e. The molecule has 0 aliphatic carbocycles. The number of unbranched alkanes of at least 4 members (excludes halogenated alkanes) is 1. The van der Waals surface area contributed by atoms with Crippen LogP contribution in [0.4, 0.5) is 0 Å². The molecule has 0 saturated carbocycles. The molecule has 5 amide bonds. The fraction of sp³-hybridized carbons (Fsp3) is 0.600. The topological polar surface area (TPSA) is 275 Å². The van der Waals surface area contributed by atoms with E-state index in [4.69, 9.17) is 11.5 Å². The summed E-state index contributed by atoms with van der Waals surface area (Å²) in [6, 6.07) is 0.855. The van der Waals surface area contributed by atoms with Crippen LogP contribution in [0.2, 0.25) is 0 Å². The van der Waals surface area contributed by atoms with Gasteiger partial charge in [-0.3, -0.25) is 24.0 Å². The zero-order chi connectivity index (χ0) is 35.7. The highest BCUT2D eigenvalue weighted by Crippen LogP contribution is 2.09. The van der Waals surface area contributed by atoms with Gasteiger partial charge in [0.1, 0.15) is 24.2 Å². The summed E-state index contributed by atoms with van der Waals surface area (Å²) < 4.78 is 0. The van der Waals surface area contributed by atoms with Crippen LogP contribution in [0.25, 0.3) is 0 Å². The van der Waals surface area contributed by atoms with Gasteiger partial charge in [-0.05, 0) is 44.2 Å². The molecule has 0 saturated heterocycles. The molecular weight excluding hydrogens is 634 g/mol. The Morgan fingerprint density at radius 2 is 1.30 bits per heavy atom. The Bertz CT molecular complexity index is 1190. The summed E-state index contributed by atoms with van der Waals surface area (Å²) in [6.07, 6.45) is -0.409. The monoisotopic (exact) mass is 683 g/mol. The first kappa shape index (κ1) is 41.3. The average molecular weight is 684 g/mol. The van der Waals surface area contributed by atoms with Gasteiger partial charge in [0.2, 0.25) is 29.5 Å². The zero-order valence-electron chi connectivity index (χ0n) is 26.8. The number of hydrogen-bond donors (Lipinski definition) is 11. The third-order valence-corrected chi connectivity index (χ3v) is 7.53. The van der Waals surface area contributed by atoms with Crippen LogP contribution in [0.15, 0.2) is 30.3 Å². The van der Waals surface area contributed by atoms with E-state index in [1.807, 2.05) is 0 Å². The number of carboxylic acid groups (broad SMARTS) is 1. The second-order valence-corrected chi connectivity index (χ2v) is 11.8. The van der Waals surface area contributed by atoms with Crippen molar-refractivity contribution in [2.24, 2.45) is 17.4 Å². The van der Waals surface area contributed by atoms with Gasteiger partial charge in [-0.15, -0.1) is 0 Å². The lowest BCUT2D eigenvalue weighted by Gasteiger charge is -2.28. The Balaban J connectivity index is 3.28. The highest BCUT2D eigenvalue weighted by Gasteiger charge is 2.34. The van der Waals surface area contributed by atoms with Crippen molar-refractivity contribution in [2.45, 2.75) is 88.8 Å². The largest absolute Gasteiger partial charge is 0.480 e. The Labute approximate surface area is 279 Å². The van der Waals surface area contributed by atoms with Crippen LogP contribution in [0.1, 0.15) is 45.6 Å². The van der Waals surface area contributed by atoms with E-state index < -0.39 is 90.4 Å². The fourth-order valence-corrected chi connectivity index (χ4v) is 4.51. The van der Waals surface area contributed by atoms with E-state index in [2.05, 4.69) is 39.2 Å². The van der Waals surface area contributed by atoms with Crippen molar-refractivity contribution in [3.63, 3.8) is 0 Å². The summed E-state index contributed by atoms with van der Waals surface area (Å²) in [4.78, 5) is 77.1. The van der Waals surface area contributed by atoms with Crippen molar-refractivity contribution in [3.8, 4) is 0 Å². The molecule has 0 bridgehead atoms. The molecule has 0 aromatic heterocycles. The molecule has 1 aromatic rings. The first-order valence-corrected chi connectivity index (χ1v) is 15.9. The van der Waals surface area contributed by atoms with Crippen LogP contribution in [0, 0.1) is 5.92 Å². The number of nitrogens with one attached hydrogen (secondary N) is 5. The lowest BCUT2D eigenvalue weighted by atomic mass is 10.00. The summed E-state index contributed by atoms with van der Waals surface area (Å²) in [7, 11) is 0.